The summed E-state index contributed by atoms with van der Waals surface area (Å²) in [7, 11) is -3.62. The maximum atomic E-state index is 14.0. The van der Waals surface area contributed by atoms with Gasteiger partial charge in [0.05, 0.1) is 17.6 Å². The third-order valence-corrected chi connectivity index (χ3v) is 7.05. The van der Waals surface area contributed by atoms with E-state index in [1.54, 1.807) is 17.0 Å². The molecule has 0 unspecified atom stereocenters. The first kappa shape index (κ1) is 25.9. The molecular formula is C27H32FN3O4S. The summed E-state index contributed by atoms with van der Waals surface area (Å²) in [6.45, 7) is 7.56. The molecule has 192 valence electrons. The third kappa shape index (κ3) is 6.14. The Kier molecular flexibility index (Phi) is 6.99. The normalized spacial score (nSPS) is 17.8. The number of rotatable bonds is 5. The number of hydrogen-bond donors (Lipinski definition) is 2. The van der Waals surface area contributed by atoms with Crippen LogP contribution in [-0.2, 0) is 25.1 Å². The average Bonchev–Trinajstić information content (AvgIpc) is 3.21. The minimum Gasteiger partial charge on any atom is -0.339 e. The molecule has 2 aromatic carbocycles. The lowest BCUT2D eigenvalue weighted by atomic mass is 9.87. The second kappa shape index (κ2) is 9.71. The Morgan fingerprint density at radius 3 is 2.42 bits per heavy atom. The molecule has 2 aromatic rings. The van der Waals surface area contributed by atoms with Crippen molar-refractivity contribution >= 4 is 33.4 Å². The lowest BCUT2D eigenvalue weighted by Crippen LogP contribution is -2.46. The molecule has 0 radical (unpaired) electrons. The van der Waals surface area contributed by atoms with E-state index in [2.05, 4.69) is 43.1 Å². The fraction of sp³-hybridized carbons (Fsp3) is 0.370. The van der Waals surface area contributed by atoms with Crippen LogP contribution < -0.4 is 10.2 Å². The van der Waals surface area contributed by atoms with E-state index in [1.807, 2.05) is 24.3 Å². The number of hydrogen-bond acceptors (Lipinski definition) is 5. The van der Waals surface area contributed by atoms with Gasteiger partial charge in [-0.15, -0.1) is 0 Å². The standard InChI is InChI=1S/C27H32FN3O4S/c1-26(2,3)21-9-5-19(6-10-21)7-12-25(32)31-15-13-27(14-16-31)18-24(29-35-27)20-8-11-22(28)23(17-20)30-36(4,33)34/h5-12,17-18,29-30H,13-16H2,1-4H3. The van der Waals surface area contributed by atoms with Crippen molar-refractivity contribution in [2.45, 2.75) is 44.6 Å². The summed E-state index contributed by atoms with van der Waals surface area (Å²) in [5.74, 6) is -0.710. The number of halogens is 1. The zero-order chi connectivity index (χ0) is 26.1. The van der Waals surface area contributed by atoms with E-state index in [0.29, 0.717) is 37.2 Å². The summed E-state index contributed by atoms with van der Waals surface area (Å²) < 4.78 is 39.3. The van der Waals surface area contributed by atoms with Gasteiger partial charge in [-0.2, -0.15) is 0 Å². The summed E-state index contributed by atoms with van der Waals surface area (Å²) in [6, 6.07) is 12.4. The SMILES string of the molecule is CC(C)(C)c1ccc(C=CC(=O)N2CCC3(C=C(c4ccc(F)c(NS(C)(=O)=O)c4)NO3)CC2)cc1. The van der Waals surface area contributed by atoms with Gasteiger partial charge in [0.15, 0.2) is 0 Å². The van der Waals surface area contributed by atoms with Crippen molar-refractivity contribution in [2.24, 2.45) is 0 Å². The molecular weight excluding hydrogens is 481 g/mol. The van der Waals surface area contributed by atoms with Gasteiger partial charge in [-0.1, -0.05) is 45.0 Å². The molecule has 0 saturated carbocycles. The molecule has 2 N–H and O–H groups in total. The molecule has 1 amide bonds. The number of piperidine rings is 1. The maximum absolute atomic E-state index is 14.0. The quantitative estimate of drug-likeness (QED) is 0.577. The zero-order valence-electron chi connectivity index (χ0n) is 21.0. The van der Waals surface area contributed by atoms with E-state index in [1.165, 1.54) is 17.7 Å². The van der Waals surface area contributed by atoms with Gasteiger partial charge in [-0.3, -0.25) is 19.8 Å². The summed E-state index contributed by atoms with van der Waals surface area (Å²) in [5, 5.41) is 0. The number of carbonyl (C=O) groups excluding carboxylic acids is 1. The Hall–Kier alpha value is -3.17. The van der Waals surface area contributed by atoms with Crippen molar-refractivity contribution in [2.75, 3.05) is 24.1 Å². The predicted molar refractivity (Wildman–Crippen MR) is 140 cm³/mol. The van der Waals surface area contributed by atoms with Crippen molar-refractivity contribution in [3.05, 3.63) is 77.1 Å². The Morgan fingerprint density at radius 1 is 1.14 bits per heavy atom. The highest BCUT2D eigenvalue weighted by Crippen LogP contribution is 2.35. The topological polar surface area (TPSA) is 87.7 Å². The highest BCUT2D eigenvalue weighted by atomic mass is 32.2. The zero-order valence-corrected chi connectivity index (χ0v) is 21.8. The van der Waals surface area contributed by atoms with Gasteiger partial charge >= 0.3 is 0 Å². The van der Waals surface area contributed by atoms with Gasteiger partial charge < -0.3 is 4.90 Å². The van der Waals surface area contributed by atoms with Gasteiger partial charge in [0.25, 0.3) is 0 Å². The third-order valence-electron chi connectivity index (χ3n) is 6.46. The number of amides is 1. The second-order valence-electron chi connectivity index (χ2n) is 10.4. The lowest BCUT2D eigenvalue weighted by molar-refractivity contribution is -0.131. The first-order chi connectivity index (χ1) is 16.8. The molecule has 0 aromatic heterocycles. The van der Waals surface area contributed by atoms with Crippen LogP contribution in [0.4, 0.5) is 10.1 Å². The average molecular weight is 514 g/mol. The lowest BCUT2D eigenvalue weighted by Gasteiger charge is -2.36. The predicted octanol–water partition coefficient (Wildman–Crippen LogP) is 4.45. The molecule has 0 bridgehead atoms. The molecule has 2 aliphatic rings. The Balaban J connectivity index is 1.38. The van der Waals surface area contributed by atoms with E-state index >= 15 is 0 Å². The molecule has 2 heterocycles. The van der Waals surface area contributed by atoms with E-state index in [-0.39, 0.29) is 17.0 Å². The fourth-order valence-corrected chi connectivity index (χ4v) is 4.87. The van der Waals surface area contributed by atoms with Crippen LogP contribution in [0.15, 0.2) is 54.6 Å². The number of likely N-dealkylation sites (tertiary alicyclic amines) is 1. The summed E-state index contributed by atoms with van der Waals surface area (Å²) in [5.41, 5.74) is 5.71. The Bertz CT molecular complexity index is 1300. The number of carbonyl (C=O) groups is 1. The smallest absolute Gasteiger partial charge is 0.246 e. The van der Waals surface area contributed by atoms with Crippen molar-refractivity contribution in [1.29, 1.82) is 0 Å². The van der Waals surface area contributed by atoms with Crippen molar-refractivity contribution in [3.63, 3.8) is 0 Å². The van der Waals surface area contributed by atoms with Crippen molar-refractivity contribution in [1.82, 2.24) is 10.4 Å². The molecule has 9 heteroatoms. The molecule has 7 nitrogen and oxygen atoms in total. The van der Waals surface area contributed by atoms with Gasteiger partial charge in [-0.05, 0) is 46.9 Å². The van der Waals surface area contributed by atoms with Crippen LogP contribution in [-0.4, -0.2) is 44.2 Å². The van der Waals surface area contributed by atoms with E-state index in [0.717, 1.165) is 11.8 Å². The molecule has 1 saturated heterocycles. The molecule has 0 aliphatic carbocycles. The van der Waals surface area contributed by atoms with Gasteiger partial charge in [-0.25, -0.2) is 12.8 Å². The van der Waals surface area contributed by atoms with Crippen LogP contribution in [0.3, 0.4) is 0 Å². The number of nitrogens with zero attached hydrogens (tertiary/aromatic N) is 1. The number of nitrogens with one attached hydrogen (secondary N) is 2. The highest BCUT2D eigenvalue weighted by Gasteiger charge is 2.39. The van der Waals surface area contributed by atoms with Gasteiger partial charge in [0.1, 0.15) is 11.4 Å². The summed E-state index contributed by atoms with van der Waals surface area (Å²) in [6.07, 6.45) is 7.53. The minimum absolute atomic E-state index is 0.0464. The highest BCUT2D eigenvalue weighted by molar-refractivity contribution is 7.92. The number of benzene rings is 2. The molecule has 1 spiro atoms. The van der Waals surface area contributed by atoms with E-state index in [4.69, 9.17) is 4.84 Å². The largest absolute Gasteiger partial charge is 0.339 e. The first-order valence-corrected chi connectivity index (χ1v) is 13.7. The molecule has 2 aliphatic heterocycles. The van der Waals surface area contributed by atoms with Crippen LogP contribution in [0.1, 0.15) is 50.3 Å². The summed E-state index contributed by atoms with van der Waals surface area (Å²) >= 11 is 0. The Morgan fingerprint density at radius 2 is 1.81 bits per heavy atom. The summed E-state index contributed by atoms with van der Waals surface area (Å²) in [4.78, 5) is 20.4. The van der Waals surface area contributed by atoms with Crippen LogP contribution in [0.5, 0.6) is 0 Å². The first-order valence-electron chi connectivity index (χ1n) is 11.9. The van der Waals surface area contributed by atoms with Crippen molar-refractivity contribution in [3.8, 4) is 0 Å². The molecule has 4 rings (SSSR count). The van der Waals surface area contributed by atoms with E-state index in [9.17, 15) is 17.6 Å². The molecule has 36 heavy (non-hydrogen) atoms. The van der Waals surface area contributed by atoms with Crippen LogP contribution in [0.25, 0.3) is 11.8 Å². The number of sulfonamides is 1. The number of hydroxylamine groups is 1. The monoisotopic (exact) mass is 513 g/mol. The van der Waals surface area contributed by atoms with Crippen LogP contribution in [0, 0.1) is 5.82 Å². The number of anilines is 1. The maximum Gasteiger partial charge on any atom is 0.246 e. The minimum atomic E-state index is -3.62. The van der Waals surface area contributed by atoms with Crippen molar-refractivity contribution < 1.29 is 22.4 Å². The molecule has 0 atom stereocenters. The van der Waals surface area contributed by atoms with Gasteiger partial charge in [0, 0.05) is 37.6 Å². The van der Waals surface area contributed by atoms with Crippen LogP contribution >= 0.6 is 0 Å². The Labute approximate surface area is 212 Å². The molecule has 1 fully saturated rings. The van der Waals surface area contributed by atoms with E-state index < -0.39 is 21.4 Å². The fourth-order valence-electron chi connectivity index (χ4n) is 4.31. The van der Waals surface area contributed by atoms with Crippen LogP contribution in [0.2, 0.25) is 0 Å². The second-order valence-corrected chi connectivity index (χ2v) is 12.2. The van der Waals surface area contributed by atoms with Gasteiger partial charge in [0.2, 0.25) is 15.9 Å².